The van der Waals surface area contributed by atoms with E-state index in [0.29, 0.717) is 29.3 Å². The van der Waals surface area contributed by atoms with Gasteiger partial charge in [0.05, 0.1) is 23.2 Å². The van der Waals surface area contributed by atoms with Crippen molar-refractivity contribution in [2.45, 2.75) is 33.1 Å². The highest BCUT2D eigenvalue weighted by Crippen LogP contribution is 2.43. The molecule has 0 spiro atoms. The van der Waals surface area contributed by atoms with Crippen LogP contribution in [0.4, 0.5) is 5.69 Å². The molecule has 1 aromatic rings. The summed E-state index contributed by atoms with van der Waals surface area (Å²) in [5.74, 6) is 0.250. The van der Waals surface area contributed by atoms with Gasteiger partial charge in [0.15, 0.2) is 0 Å². The molecule has 1 saturated heterocycles. The lowest BCUT2D eigenvalue weighted by Crippen LogP contribution is -2.35. The summed E-state index contributed by atoms with van der Waals surface area (Å²) in [7, 11) is 1.54. The van der Waals surface area contributed by atoms with Gasteiger partial charge in [0.25, 0.3) is 0 Å². The minimum absolute atomic E-state index is 0.153. The number of amides is 2. The number of hydrogen-bond donors (Lipinski definition) is 0. The normalized spacial score (nSPS) is 17.7. The van der Waals surface area contributed by atoms with Crippen LogP contribution >= 0.6 is 11.6 Å². The summed E-state index contributed by atoms with van der Waals surface area (Å²) < 4.78 is 5.08. The van der Waals surface area contributed by atoms with Gasteiger partial charge in [-0.1, -0.05) is 25.4 Å². The number of benzene rings is 1. The largest absolute Gasteiger partial charge is 0.497 e. The molecule has 0 N–H and O–H groups in total. The first-order chi connectivity index (χ1) is 9.49. The Balaban J connectivity index is 2.43. The summed E-state index contributed by atoms with van der Waals surface area (Å²) in [5, 5.41) is 0.342. The molecule has 108 valence electrons. The second kappa shape index (κ2) is 5.44. The van der Waals surface area contributed by atoms with Crippen LogP contribution in [0.5, 0.6) is 5.75 Å². The predicted octanol–water partition coefficient (Wildman–Crippen LogP) is 3.42. The molecule has 2 amide bonds. The van der Waals surface area contributed by atoms with Gasteiger partial charge < -0.3 is 4.74 Å². The molecule has 0 aliphatic carbocycles. The van der Waals surface area contributed by atoms with Crippen LogP contribution in [0.1, 0.15) is 33.1 Å². The monoisotopic (exact) mass is 295 g/mol. The fourth-order valence-corrected chi connectivity index (χ4v) is 2.89. The summed E-state index contributed by atoms with van der Waals surface area (Å²) in [6.45, 7) is 3.88. The van der Waals surface area contributed by atoms with E-state index in [1.807, 2.05) is 13.8 Å². The number of rotatable bonds is 4. The van der Waals surface area contributed by atoms with Crippen molar-refractivity contribution < 1.29 is 14.3 Å². The molecular weight excluding hydrogens is 278 g/mol. The van der Waals surface area contributed by atoms with Crippen LogP contribution in [0.25, 0.3) is 0 Å². The van der Waals surface area contributed by atoms with Crippen LogP contribution in [0.15, 0.2) is 18.2 Å². The fraction of sp³-hybridized carbons (Fsp3) is 0.467. The third-order valence-electron chi connectivity index (χ3n) is 4.15. The number of carbonyl (C=O) groups is 2. The van der Waals surface area contributed by atoms with Gasteiger partial charge in [-0.15, -0.1) is 0 Å². The number of anilines is 1. The third-order valence-corrected chi connectivity index (χ3v) is 4.45. The molecule has 0 atom stereocenters. The Hall–Kier alpha value is -1.55. The van der Waals surface area contributed by atoms with Gasteiger partial charge in [-0.25, -0.2) is 4.90 Å². The van der Waals surface area contributed by atoms with Crippen molar-refractivity contribution in [3.63, 3.8) is 0 Å². The number of carbonyl (C=O) groups excluding carboxylic acids is 2. The molecule has 0 radical (unpaired) electrons. The third kappa shape index (κ3) is 2.18. The average molecular weight is 296 g/mol. The van der Waals surface area contributed by atoms with Crippen molar-refractivity contribution in [1.82, 2.24) is 0 Å². The molecule has 1 aliphatic heterocycles. The Kier molecular flexibility index (Phi) is 4.04. The Morgan fingerprint density at radius 1 is 1.30 bits per heavy atom. The van der Waals surface area contributed by atoms with Gasteiger partial charge >= 0.3 is 0 Å². The Bertz CT molecular complexity index is 552. The zero-order valence-corrected chi connectivity index (χ0v) is 12.7. The van der Waals surface area contributed by atoms with E-state index in [2.05, 4.69) is 0 Å². The molecule has 0 bridgehead atoms. The number of methoxy groups -OCH3 is 1. The van der Waals surface area contributed by atoms with Gasteiger partial charge in [-0.05, 0) is 25.0 Å². The van der Waals surface area contributed by atoms with Crippen LogP contribution in [0.2, 0.25) is 5.02 Å². The van der Waals surface area contributed by atoms with Crippen LogP contribution in [-0.4, -0.2) is 18.9 Å². The van der Waals surface area contributed by atoms with Gasteiger partial charge in [0, 0.05) is 12.5 Å². The molecule has 1 aliphatic rings. The summed E-state index contributed by atoms with van der Waals surface area (Å²) >= 11 is 6.17. The molecule has 1 aromatic carbocycles. The zero-order valence-electron chi connectivity index (χ0n) is 11.9. The quantitative estimate of drug-likeness (QED) is 0.800. The molecular formula is C15H18ClNO3. The van der Waals surface area contributed by atoms with Crippen molar-refractivity contribution in [1.29, 1.82) is 0 Å². The number of halogens is 1. The Morgan fingerprint density at radius 3 is 2.40 bits per heavy atom. The lowest BCUT2D eigenvalue weighted by atomic mass is 9.81. The fourth-order valence-electron chi connectivity index (χ4n) is 2.64. The first kappa shape index (κ1) is 14.9. The highest BCUT2D eigenvalue weighted by atomic mass is 35.5. The SMILES string of the molecule is CCC1(CC)CC(=O)N(c2ccc(OC)cc2Cl)C1=O. The number of ether oxygens (including phenoxy) is 1. The molecule has 20 heavy (non-hydrogen) atoms. The van der Waals surface area contributed by atoms with Crippen molar-refractivity contribution in [3.8, 4) is 5.75 Å². The summed E-state index contributed by atoms with van der Waals surface area (Å²) in [6, 6.07) is 4.95. The van der Waals surface area contributed by atoms with Gasteiger partial charge in [0.1, 0.15) is 5.75 Å². The first-order valence-corrected chi connectivity index (χ1v) is 7.07. The minimum atomic E-state index is -0.583. The molecule has 1 fully saturated rings. The maximum atomic E-state index is 12.6. The van der Waals surface area contributed by atoms with E-state index < -0.39 is 5.41 Å². The Labute approximate surface area is 123 Å². The molecule has 0 aromatic heterocycles. The summed E-state index contributed by atoms with van der Waals surface area (Å²) in [5.41, 5.74) is -0.147. The predicted molar refractivity (Wildman–Crippen MR) is 78.1 cm³/mol. The molecule has 2 rings (SSSR count). The number of nitrogens with zero attached hydrogens (tertiary/aromatic N) is 1. The van der Waals surface area contributed by atoms with Crippen molar-refractivity contribution >= 4 is 29.1 Å². The maximum Gasteiger partial charge on any atom is 0.240 e. The summed E-state index contributed by atoms with van der Waals surface area (Å²) in [4.78, 5) is 26.1. The average Bonchev–Trinajstić information content (AvgIpc) is 2.70. The molecule has 1 heterocycles. The lowest BCUT2D eigenvalue weighted by molar-refractivity contribution is -0.126. The summed E-state index contributed by atoms with van der Waals surface area (Å²) in [6.07, 6.45) is 1.55. The molecule has 5 heteroatoms. The second-order valence-electron chi connectivity index (χ2n) is 5.02. The van der Waals surface area contributed by atoms with Crippen LogP contribution in [-0.2, 0) is 9.59 Å². The smallest absolute Gasteiger partial charge is 0.240 e. The van der Waals surface area contributed by atoms with E-state index in [1.54, 1.807) is 18.2 Å². The Morgan fingerprint density at radius 2 is 1.95 bits per heavy atom. The van der Waals surface area contributed by atoms with E-state index in [4.69, 9.17) is 16.3 Å². The van der Waals surface area contributed by atoms with E-state index in [9.17, 15) is 9.59 Å². The second-order valence-corrected chi connectivity index (χ2v) is 5.42. The number of hydrogen-bond acceptors (Lipinski definition) is 3. The highest BCUT2D eigenvalue weighted by Gasteiger charge is 2.50. The molecule has 4 nitrogen and oxygen atoms in total. The van der Waals surface area contributed by atoms with Crippen molar-refractivity contribution in [2.75, 3.05) is 12.0 Å². The zero-order chi connectivity index (χ0) is 14.9. The number of imide groups is 1. The lowest BCUT2D eigenvalue weighted by Gasteiger charge is -2.24. The van der Waals surface area contributed by atoms with E-state index in [-0.39, 0.29) is 18.2 Å². The maximum absolute atomic E-state index is 12.6. The van der Waals surface area contributed by atoms with Gasteiger partial charge in [0.2, 0.25) is 11.8 Å². The van der Waals surface area contributed by atoms with Gasteiger partial charge in [-0.3, -0.25) is 9.59 Å². The van der Waals surface area contributed by atoms with Crippen molar-refractivity contribution in [3.05, 3.63) is 23.2 Å². The highest BCUT2D eigenvalue weighted by molar-refractivity contribution is 6.36. The first-order valence-electron chi connectivity index (χ1n) is 6.70. The standard InChI is InChI=1S/C15H18ClNO3/c1-4-15(5-2)9-13(18)17(14(15)19)12-7-6-10(20-3)8-11(12)16/h6-8H,4-5,9H2,1-3H3. The molecule has 0 unspecified atom stereocenters. The van der Waals surface area contributed by atoms with E-state index >= 15 is 0 Å². The van der Waals surface area contributed by atoms with Crippen LogP contribution < -0.4 is 9.64 Å². The van der Waals surface area contributed by atoms with Gasteiger partial charge in [-0.2, -0.15) is 0 Å². The van der Waals surface area contributed by atoms with Crippen LogP contribution in [0, 0.1) is 5.41 Å². The van der Waals surface area contributed by atoms with E-state index in [0.717, 1.165) is 0 Å². The molecule has 0 saturated carbocycles. The minimum Gasteiger partial charge on any atom is -0.497 e. The van der Waals surface area contributed by atoms with Crippen molar-refractivity contribution in [2.24, 2.45) is 5.41 Å². The van der Waals surface area contributed by atoms with Crippen LogP contribution in [0.3, 0.4) is 0 Å². The van der Waals surface area contributed by atoms with E-state index in [1.165, 1.54) is 12.0 Å². The topological polar surface area (TPSA) is 46.6 Å².